The highest BCUT2D eigenvalue weighted by atomic mass is 32.1. The number of rotatable bonds is 3. The molecule has 5 heteroatoms. The lowest BCUT2D eigenvalue weighted by Gasteiger charge is -2.34. The first-order chi connectivity index (χ1) is 10.5. The monoisotopic (exact) mass is 315 g/mol. The van der Waals surface area contributed by atoms with E-state index in [0.717, 1.165) is 23.9 Å². The predicted molar refractivity (Wildman–Crippen MR) is 90.4 cm³/mol. The number of thiazole rings is 1. The molecule has 1 amide bonds. The van der Waals surface area contributed by atoms with E-state index in [4.69, 9.17) is 0 Å². The lowest BCUT2D eigenvalue weighted by Crippen LogP contribution is -2.50. The van der Waals surface area contributed by atoms with Gasteiger partial charge in [-0.25, -0.2) is 4.98 Å². The van der Waals surface area contributed by atoms with Crippen LogP contribution in [-0.4, -0.2) is 35.4 Å². The molecule has 116 valence electrons. The van der Waals surface area contributed by atoms with E-state index in [2.05, 4.69) is 41.9 Å². The van der Waals surface area contributed by atoms with Crippen LogP contribution in [0.1, 0.15) is 22.4 Å². The Morgan fingerprint density at radius 3 is 2.45 bits per heavy atom. The number of aromatic nitrogens is 1. The van der Waals surface area contributed by atoms with Crippen molar-refractivity contribution in [2.75, 3.05) is 24.5 Å². The van der Waals surface area contributed by atoms with Crippen molar-refractivity contribution < 1.29 is 4.79 Å². The van der Waals surface area contributed by atoms with Gasteiger partial charge in [0, 0.05) is 25.0 Å². The van der Waals surface area contributed by atoms with Crippen LogP contribution >= 0.6 is 11.3 Å². The number of anilines is 1. The van der Waals surface area contributed by atoms with Crippen molar-refractivity contribution in [2.24, 2.45) is 0 Å². The summed E-state index contributed by atoms with van der Waals surface area (Å²) in [6.45, 7) is 8.91. The normalized spacial score (nSPS) is 15.5. The second kappa shape index (κ2) is 6.08. The van der Waals surface area contributed by atoms with Crippen molar-refractivity contribution in [3.8, 4) is 0 Å². The fourth-order valence-corrected chi connectivity index (χ4v) is 3.74. The summed E-state index contributed by atoms with van der Waals surface area (Å²) in [5.74, 6) is 0.179. The van der Waals surface area contributed by atoms with Gasteiger partial charge >= 0.3 is 0 Å². The van der Waals surface area contributed by atoms with E-state index in [9.17, 15) is 4.79 Å². The van der Waals surface area contributed by atoms with Gasteiger partial charge in [0.05, 0.1) is 12.2 Å². The van der Waals surface area contributed by atoms with Crippen LogP contribution in [0.4, 0.5) is 5.13 Å². The van der Waals surface area contributed by atoms with Gasteiger partial charge in [0.25, 0.3) is 0 Å². The molecule has 1 aliphatic rings. The largest absolute Gasteiger partial charge is 0.337 e. The van der Waals surface area contributed by atoms with Crippen molar-refractivity contribution in [2.45, 2.75) is 27.3 Å². The number of benzene rings is 1. The topological polar surface area (TPSA) is 36.4 Å². The highest BCUT2D eigenvalue weighted by molar-refractivity contribution is 7.13. The number of aryl methyl sites for hydroxylation is 3. The number of hydrogen-bond donors (Lipinski definition) is 0. The Balaban J connectivity index is 1.67. The molecule has 22 heavy (non-hydrogen) atoms. The van der Waals surface area contributed by atoms with Gasteiger partial charge in [-0.3, -0.25) is 4.79 Å². The Morgan fingerprint density at radius 2 is 1.86 bits per heavy atom. The molecule has 1 saturated heterocycles. The van der Waals surface area contributed by atoms with Crippen LogP contribution in [0.5, 0.6) is 0 Å². The summed E-state index contributed by atoms with van der Waals surface area (Å²) in [5.41, 5.74) is 4.73. The summed E-state index contributed by atoms with van der Waals surface area (Å²) < 4.78 is 0. The average molecular weight is 315 g/mol. The third kappa shape index (κ3) is 3.30. The van der Waals surface area contributed by atoms with Crippen molar-refractivity contribution in [1.29, 1.82) is 0 Å². The molecular formula is C17H21N3OS. The van der Waals surface area contributed by atoms with Crippen LogP contribution in [0.15, 0.2) is 23.6 Å². The highest BCUT2D eigenvalue weighted by Gasteiger charge is 2.25. The number of hydrogen-bond acceptors (Lipinski definition) is 4. The Hall–Kier alpha value is -1.88. The van der Waals surface area contributed by atoms with Crippen molar-refractivity contribution in [3.63, 3.8) is 0 Å². The summed E-state index contributed by atoms with van der Waals surface area (Å²) in [5, 5.41) is 2.98. The molecular weight excluding hydrogens is 294 g/mol. The van der Waals surface area contributed by atoms with Gasteiger partial charge in [0.2, 0.25) is 5.91 Å². The molecule has 2 aromatic rings. The number of carbonyl (C=O) groups excluding carboxylic acids is 1. The first-order valence-electron chi connectivity index (χ1n) is 7.53. The molecule has 0 saturated carbocycles. The zero-order chi connectivity index (χ0) is 15.7. The van der Waals surface area contributed by atoms with Crippen molar-refractivity contribution >= 4 is 22.4 Å². The van der Waals surface area contributed by atoms with E-state index >= 15 is 0 Å². The number of amides is 1. The van der Waals surface area contributed by atoms with Gasteiger partial charge in [-0.05, 0) is 26.3 Å². The maximum absolute atomic E-state index is 12.4. The van der Waals surface area contributed by atoms with Crippen molar-refractivity contribution in [3.05, 3.63) is 46.0 Å². The molecule has 0 radical (unpaired) electrons. The summed E-state index contributed by atoms with van der Waals surface area (Å²) in [6, 6.07) is 6.49. The Morgan fingerprint density at radius 1 is 1.14 bits per heavy atom. The smallest absolute Gasteiger partial charge is 0.242 e. The molecule has 2 heterocycles. The first kappa shape index (κ1) is 15.0. The Bertz CT molecular complexity index is 675. The quantitative estimate of drug-likeness (QED) is 0.874. The SMILES string of the molecule is Cc1cc(C)cc(CN2CCN(c3nc(C)cs3)CC2=O)c1. The minimum atomic E-state index is 0.179. The Kier molecular flexibility index (Phi) is 4.16. The molecule has 0 bridgehead atoms. The second-order valence-corrected chi connectivity index (χ2v) is 6.84. The maximum atomic E-state index is 12.4. The van der Waals surface area contributed by atoms with E-state index in [1.165, 1.54) is 16.7 Å². The van der Waals surface area contributed by atoms with Crippen LogP contribution in [-0.2, 0) is 11.3 Å². The maximum Gasteiger partial charge on any atom is 0.242 e. The lowest BCUT2D eigenvalue weighted by atomic mass is 10.1. The van der Waals surface area contributed by atoms with Crippen LogP contribution in [0.3, 0.4) is 0 Å². The number of carbonyl (C=O) groups is 1. The molecule has 0 N–H and O–H groups in total. The fraction of sp³-hybridized carbons (Fsp3) is 0.412. The molecule has 1 aliphatic heterocycles. The average Bonchev–Trinajstić information content (AvgIpc) is 2.86. The highest BCUT2D eigenvalue weighted by Crippen LogP contribution is 2.22. The minimum Gasteiger partial charge on any atom is -0.337 e. The molecule has 0 atom stereocenters. The number of piperazine rings is 1. The fourth-order valence-electron chi connectivity index (χ4n) is 2.91. The van der Waals surface area contributed by atoms with Crippen LogP contribution in [0.25, 0.3) is 0 Å². The van der Waals surface area contributed by atoms with E-state index in [1.807, 2.05) is 17.2 Å². The van der Waals surface area contributed by atoms with Gasteiger partial charge in [-0.1, -0.05) is 29.3 Å². The molecule has 0 aliphatic carbocycles. The lowest BCUT2D eigenvalue weighted by molar-refractivity contribution is -0.131. The molecule has 4 nitrogen and oxygen atoms in total. The van der Waals surface area contributed by atoms with E-state index < -0.39 is 0 Å². The zero-order valence-electron chi connectivity index (χ0n) is 13.3. The van der Waals surface area contributed by atoms with Crippen LogP contribution < -0.4 is 4.90 Å². The van der Waals surface area contributed by atoms with Gasteiger partial charge in [-0.2, -0.15) is 0 Å². The number of nitrogens with zero attached hydrogens (tertiary/aromatic N) is 3. The van der Waals surface area contributed by atoms with Crippen LogP contribution in [0, 0.1) is 20.8 Å². The summed E-state index contributed by atoms with van der Waals surface area (Å²) in [4.78, 5) is 20.9. The predicted octanol–water partition coefficient (Wildman–Crippen LogP) is 2.92. The summed E-state index contributed by atoms with van der Waals surface area (Å²) in [6.07, 6.45) is 0. The summed E-state index contributed by atoms with van der Waals surface area (Å²) in [7, 11) is 0. The zero-order valence-corrected chi connectivity index (χ0v) is 14.1. The molecule has 1 fully saturated rings. The van der Waals surface area contributed by atoms with Crippen LogP contribution in [0.2, 0.25) is 0 Å². The van der Waals surface area contributed by atoms with Crippen molar-refractivity contribution in [1.82, 2.24) is 9.88 Å². The minimum absolute atomic E-state index is 0.179. The van der Waals surface area contributed by atoms with Gasteiger partial charge < -0.3 is 9.80 Å². The molecule has 1 aromatic carbocycles. The third-order valence-electron chi connectivity index (χ3n) is 3.85. The summed E-state index contributed by atoms with van der Waals surface area (Å²) >= 11 is 1.61. The van der Waals surface area contributed by atoms with Gasteiger partial charge in [0.15, 0.2) is 5.13 Å². The molecule has 0 spiro atoms. The molecule has 0 unspecified atom stereocenters. The van der Waals surface area contributed by atoms with E-state index in [1.54, 1.807) is 11.3 Å². The second-order valence-electron chi connectivity index (χ2n) is 6.00. The third-order valence-corrected chi connectivity index (χ3v) is 4.87. The van der Waals surface area contributed by atoms with E-state index in [0.29, 0.717) is 13.1 Å². The van der Waals surface area contributed by atoms with E-state index in [-0.39, 0.29) is 5.91 Å². The standard InChI is InChI=1S/C17H21N3OS/c1-12-6-13(2)8-15(7-12)9-19-4-5-20(10-16(19)21)17-18-14(3)11-22-17/h6-8,11H,4-5,9-10H2,1-3H3. The molecule has 1 aromatic heterocycles. The molecule has 3 rings (SSSR count). The van der Waals surface area contributed by atoms with Gasteiger partial charge in [0.1, 0.15) is 0 Å². The first-order valence-corrected chi connectivity index (χ1v) is 8.41. The Labute approximate surface area is 135 Å². The van der Waals surface area contributed by atoms with Gasteiger partial charge in [-0.15, -0.1) is 11.3 Å².